The van der Waals surface area contributed by atoms with Crippen LogP contribution in [0.4, 0.5) is 11.4 Å². The molecule has 0 fully saturated rings. The van der Waals surface area contributed by atoms with Crippen molar-refractivity contribution in [1.29, 1.82) is 0 Å². The molecule has 1 aromatic heterocycles. The highest BCUT2D eigenvalue weighted by atomic mass is 35.5. The lowest BCUT2D eigenvalue weighted by molar-refractivity contribution is -0.115. The summed E-state index contributed by atoms with van der Waals surface area (Å²) >= 11 is 12.2. The minimum Gasteiger partial charge on any atom is -0.487 e. The first kappa shape index (κ1) is 23.8. The number of rotatable bonds is 8. The van der Waals surface area contributed by atoms with Gasteiger partial charge in [-0.2, -0.15) is 0 Å². The molecule has 10 heteroatoms. The highest BCUT2D eigenvalue weighted by molar-refractivity contribution is 7.92. The number of ether oxygens (including phenoxy) is 1. The minimum absolute atomic E-state index is 0.0527. The van der Waals surface area contributed by atoms with Crippen LogP contribution in [-0.2, 0) is 27.8 Å². The van der Waals surface area contributed by atoms with Gasteiger partial charge in [0.2, 0.25) is 15.9 Å². The zero-order valence-corrected chi connectivity index (χ0v) is 19.7. The topological polar surface area (TPSA) is 88.6 Å². The summed E-state index contributed by atoms with van der Waals surface area (Å²) in [4.78, 5) is 16.4. The summed E-state index contributed by atoms with van der Waals surface area (Å²) in [5.41, 5.74) is 2.18. The van der Waals surface area contributed by atoms with Crippen molar-refractivity contribution in [1.82, 2.24) is 4.98 Å². The maximum absolute atomic E-state index is 12.4. The number of hydrogen-bond donors (Lipinski definition) is 1. The molecule has 3 rings (SSSR count). The van der Waals surface area contributed by atoms with Crippen molar-refractivity contribution in [2.75, 3.05) is 22.9 Å². The molecule has 3 aromatic rings. The van der Waals surface area contributed by atoms with Gasteiger partial charge in [-0.15, -0.1) is 0 Å². The van der Waals surface area contributed by atoms with E-state index in [0.29, 0.717) is 27.0 Å². The molecule has 1 heterocycles. The molecule has 0 unspecified atom stereocenters. The van der Waals surface area contributed by atoms with Crippen LogP contribution >= 0.6 is 23.2 Å². The lowest BCUT2D eigenvalue weighted by Crippen LogP contribution is -2.25. The number of halogens is 2. The zero-order valence-electron chi connectivity index (χ0n) is 17.4. The van der Waals surface area contributed by atoms with E-state index >= 15 is 0 Å². The Labute approximate surface area is 197 Å². The third-order valence-corrected chi connectivity index (χ3v) is 6.35. The summed E-state index contributed by atoms with van der Waals surface area (Å²) in [6.45, 7) is 0.0527. The maximum atomic E-state index is 12.4. The lowest BCUT2D eigenvalue weighted by atomic mass is 10.2. The van der Waals surface area contributed by atoms with E-state index in [9.17, 15) is 13.2 Å². The minimum atomic E-state index is -3.54. The Hall–Kier alpha value is -2.81. The molecule has 0 aliphatic rings. The molecular formula is C22H21Cl2N3O4S. The molecule has 0 atom stereocenters. The average molecular weight is 494 g/mol. The van der Waals surface area contributed by atoms with Crippen molar-refractivity contribution in [3.63, 3.8) is 0 Å². The summed E-state index contributed by atoms with van der Waals surface area (Å²) in [7, 11) is -2.12. The van der Waals surface area contributed by atoms with Crippen molar-refractivity contribution < 1.29 is 17.9 Å². The average Bonchev–Trinajstić information content (AvgIpc) is 2.74. The van der Waals surface area contributed by atoms with Gasteiger partial charge in [0.25, 0.3) is 0 Å². The largest absolute Gasteiger partial charge is 0.487 e. The number of carbonyl (C=O) groups excluding carboxylic acids is 1. The SMILES string of the molecule is CN(c1ccc(NC(=O)Cc2cccnc2)cc1OCc1cc(Cl)ccc1Cl)S(C)(=O)=O. The molecule has 0 saturated heterocycles. The Kier molecular flexibility index (Phi) is 7.60. The Bertz CT molecular complexity index is 1220. The predicted molar refractivity (Wildman–Crippen MR) is 127 cm³/mol. The van der Waals surface area contributed by atoms with Gasteiger partial charge in [-0.25, -0.2) is 8.42 Å². The molecule has 2 aromatic carbocycles. The van der Waals surface area contributed by atoms with Gasteiger partial charge >= 0.3 is 0 Å². The molecule has 0 spiro atoms. The Balaban J connectivity index is 1.85. The number of amides is 1. The number of sulfonamides is 1. The standard InChI is InChI=1S/C22H21Cl2N3O4S/c1-27(32(2,29)30)20-8-6-18(26-22(28)10-15-4-3-9-25-13-15)12-21(20)31-14-16-11-17(23)5-7-19(16)24/h3-9,11-13H,10,14H2,1-2H3,(H,26,28). The smallest absolute Gasteiger partial charge is 0.232 e. The number of carbonyl (C=O) groups is 1. The third-order valence-electron chi connectivity index (χ3n) is 4.56. The fraction of sp³-hybridized carbons (Fsp3) is 0.182. The molecule has 7 nitrogen and oxygen atoms in total. The molecule has 0 radical (unpaired) electrons. The highest BCUT2D eigenvalue weighted by Crippen LogP contribution is 2.33. The maximum Gasteiger partial charge on any atom is 0.232 e. The summed E-state index contributed by atoms with van der Waals surface area (Å²) in [5.74, 6) is 0.0131. The number of nitrogens with one attached hydrogen (secondary N) is 1. The number of hydrogen-bond acceptors (Lipinski definition) is 5. The van der Waals surface area contributed by atoms with Crippen molar-refractivity contribution in [2.24, 2.45) is 0 Å². The zero-order chi connectivity index (χ0) is 23.3. The van der Waals surface area contributed by atoms with Gasteiger partial charge in [-0.3, -0.25) is 14.1 Å². The molecule has 0 bridgehead atoms. The van der Waals surface area contributed by atoms with Crippen LogP contribution in [0.1, 0.15) is 11.1 Å². The summed E-state index contributed by atoms with van der Waals surface area (Å²) < 4.78 is 31.2. The van der Waals surface area contributed by atoms with Crippen molar-refractivity contribution in [3.8, 4) is 5.75 Å². The summed E-state index contributed by atoms with van der Waals surface area (Å²) in [6.07, 6.45) is 4.49. The Morgan fingerprint density at radius 1 is 1.16 bits per heavy atom. The number of benzene rings is 2. The van der Waals surface area contributed by atoms with Gasteiger partial charge in [0.15, 0.2) is 0 Å². The van der Waals surface area contributed by atoms with Gasteiger partial charge in [0, 0.05) is 46.8 Å². The van der Waals surface area contributed by atoms with Crippen molar-refractivity contribution >= 4 is 50.5 Å². The number of aromatic nitrogens is 1. The van der Waals surface area contributed by atoms with E-state index in [1.807, 2.05) is 0 Å². The van der Waals surface area contributed by atoms with E-state index in [1.54, 1.807) is 60.9 Å². The van der Waals surface area contributed by atoms with E-state index in [-0.39, 0.29) is 24.7 Å². The predicted octanol–water partition coefficient (Wildman–Crippen LogP) is 4.54. The number of pyridine rings is 1. The van der Waals surface area contributed by atoms with Crippen LogP contribution in [0.2, 0.25) is 10.0 Å². The van der Waals surface area contributed by atoms with E-state index in [4.69, 9.17) is 27.9 Å². The Morgan fingerprint density at radius 2 is 1.94 bits per heavy atom. The first-order valence-electron chi connectivity index (χ1n) is 9.47. The molecular weight excluding hydrogens is 473 g/mol. The molecule has 0 saturated carbocycles. The highest BCUT2D eigenvalue weighted by Gasteiger charge is 2.18. The van der Waals surface area contributed by atoms with Gasteiger partial charge in [0.05, 0.1) is 18.4 Å². The fourth-order valence-electron chi connectivity index (χ4n) is 2.85. The molecule has 1 amide bonds. The fourth-order valence-corrected chi connectivity index (χ4v) is 3.72. The lowest BCUT2D eigenvalue weighted by Gasteiger charge is -2.21. The molecule has 32 heavy (non-hydrogen) atoms. The normalized spacial score (nSPS) is 11.1. The van der Waals surface area contributed by atoms with Gasteiger partial charge in [0.1, 0.15) is 12.4 Å². The molecule has 1 N–H and O–H groups in total. The second-order valence-corrected chi connectivity index (χ2v) is 9.88. The van der Waals surface area contributed by atoms with Crippen LogP contribution < -0.4 is 14.4 Å². The molecule has 168 valence electrons. The quantitative estimate of drug-likeness (QED) is 0.497. The van der Waals surface area contributed by atoms with Crippen LogP contribution in [0.25, 0.3) is 0 Å². The number of anilines is 2. The number of nitrogens with zero attached hydrogens (tertiary/aromatic N) is 2. The molecule has 0 aliphatic heterocycles. The molecule has 0 aliphatic carbocycles. The summed E-state index contributed by atoms with van der Waals surface area (Å²) in [5, 5.41) is 3.76. The van der Waals surface area contributed by atoms with Crippen LogP contribution in [-0.4, -0.2) is 32.6 Å². The Morgan fingerprint density at radius 3 is 2.62 bits per heavy atom. The van der Waals surface area contributed by atoms with E-state index < -0.39 is 10.0 Å². The van der Waals surface area contributed by atoms with Crippen LogP contribution in [0, 0.1) is 0 Å². The van der Waals surface area contributed by atoms with E-state index in [0.717, 1.165) is 16.1 Å². The van der Waals surface area contributed by atoms with Crippen molar-refractivity contribution in [3.05, 3.63) is 82.1 Å². The third kappa shape index (κ3) is 6.35. The van der Waals surface area contributed by atoms with Gasteiger partial charge in [-0.1, -0.05) is 29.3 Å². The first-order valence-corrected chi connectivity index (χ1v) is 12.1. The van der Waals surface area contributed by atoms with Gasteiger partial charge < -0.3 is 10.1 Å². The van der Waals surface area contributed by atoms with Crippen LogP contribution in [0.5, 0.6) is 5.75 Å². The van der Waals surface area contributed by atoms with Crippen LogP contribution in [0.3, 0.4) is 0 Å². The summed E-state index contributed by atoms with van der Waals surface area (Å²) in [6, 6.07) is 13.3. The second kappa shape index (κ2) is 10.2. The monoisotopic (exact) mass is 493 g/mol. The second-order valence-electron chi connectivity index (χ2n) is 7.02. The van der Waals surface area contributed by atoms with Gasteiger partial charge in [-0.05, 0) is 42.0 Å². The van der Waals surface area contributed by atoms with Crippen molar-refractivity contribution in [2.45, 2.75) is 13.0 Å². The van der Waals surface area contributed by atoms with E-state index in [1.165, 1.54) is 7.05 Å². The van der Waals surface area contributed by atoms with Crippen LogP contribution in [0.15, 0.2) is 60.9 Å². The van der Waals surface area contributed by atoms with E-state index in [2.05, 4.69) is 10.3 Å². The first-order chi connectivity index (χ1) is 15.1.